The summed E-state index contributed by atoms with van der Waals surface area (Å²) in [5, 5.41) is 20.0. The van der Waals surface area contributed by atoms with Crippen LogP contribution >= 0.6 is 11.8 Å². The molecule has 0 atom stereocenters. The van der Waals surface area contributed by atoms with Crippen LogP contribution in [0.1, 0.15) is 18.4 Å². The van der Waals surface area contributed by atoms with Crippen LogP contribution in [0.15, 0.2) is 87.2 Å². The average molecular weight is 486 g/mol. The Bertz CT molecular complexity index is 1580. The fourth-order valence-electron chi connectivity index (χ4n) is 3.60. The first-order valence-corrected chi connectivity index (χ1v) is 11.8. The number of nitro groups is 1. The number of nitro benzene ring substituents is 1. The SMILES string of the molecule is CCc1ccc(-n2c(SCc3nnc(-c4ccc([N+](=O)[O-])cc4)o3)nc3ccccc3c2=O)cc1. The van der Waals surface area contributed by atoms with Crippen molar-refractivity contribution in [3.8, 4) is 17.1 Å². The summed E-state index contributed by atoms with van der Waals surface area (Å²) >= 11 is 1.32. The average Bonchev–Trinajstić information content (AvgIpc) is 3.37. The van der Waals surface area contributed by atoms with Gasteiger partial charge in [-0.15, -0.1) is 10.2 Å². The van der Waals surface area contributed by atoms with Crippen LogP contribution in [0.25, 0.3) is 28.0 Å². The van der Waals surface area contributed by atoms with Crippen molar-refractivity contribution in [2.24, 2.45) is 0 Å². The number of hydrogen-bond acceptors (Lipinski definition) is 8. The molecule has 0 saturated heterocycles. The maximum atomic E-state index is 13.4. The first-order chi connectivity index (χ1) is 17.0. The van der Waals surface area contributed by atoms with Crippen LogP contribution in [0.2, 0.25) is 0 Å². The van der Waals surface area contributed by atoms with E-state index in [1.165, 1.54) is 29.5 Å². The Balaban J connectivity index is 1.46. The second-order valence-electron chi connectivity index (χ2n) is 7.67. The van der Waals surface area contributed by atoms with E-state index in [4.69, 9.17) is 9.40 Å². The van der Waals surface area contributed by atoms with E-state index in [0.717, 1.165) is 12.1 Å². The third kappa shape index (κ3) is 4.56. The number of benzene rings is 3. The van der Waals surface area contributed by atoms with Gasteiger partial charge in [0.15, 0.2) is 5.16 Å². The molecule has 5 rings (SSSR count). The van der Waals surface area contributed by atoms with Crippen molar-refractivity contribution in [2.75, 3.05) is 0 Å². The van der Waals surface area contributed by atoms with Crippen molar-refractivity contribution in [2.45, 2.75) is 24.3 Å². The monoisotopic (exact) mass is 485 g/mol. The molecule has 0 spiro atoms. The van der Waals surface area contributed by atoms with Gasteiger partial charge in [-0.2, -0.15) is 0 Å². The predicted octanol–water partition coefficient (Wildman–Crippen LogP) is 5.20. The number of para-hydroxylation sites is 1. The van der Waals surface area contributed by atoms with Gasteiger partial charge in [0, 0.05) is 17.7 Å². The largest absolute Gasteiger partial charge is 0.420 e. The van der Waals surface area contributed by atoms with Gasteiger partial charge >= 0.3 is 0 Å². The zero-order valence-corrected chi connectivity index (χ0v) is 19.4. The zero-order valence-electron chi connectivity index (χ0n) is 18.6. The van der Waals surface area contributed by atoms with Crippen molar-refractivity contribution in [1.82, 2.24) is 19.7 Å². The van der Waals surface area contributed by atoms with E-state index >= 15 is 0 Å². The summed E-state index contributed by atoms with van der Waals surface area (Å²) in [6.07, 6.45) is 0.904. The third-order valence-corrected chi connectivity index (χ3v) is 6.39. The van der Waals surface area contributed by atoms with Crippen molar-refractivity contribution in [3.05, 3.63) is 105 Å². The Hall–Kier alpha value is -4.31. The summed E-state index contributed by atoms with van der Waals surface area (Å²) in [7, 11) is 0. The highest BCUT2D eigenvalue weighted by atomic mass is 32.2. The van der Waals surface area contributed by atoms with E-state index in [-0.39, 0.29) is 22.9 Å². The van der Waals surface area contributed by atoms with Gasteiger partial charge in [0.2, 0.25) is 11.8 Å². The van der Waals surface area contributed by atoms with Gasteiger partial charge in [-0.05, 0) is 48.4 Å². The van der Waals surface area contributed by atoms with E-state index < -0.39 is 4.92 Å². The number of aromatic nitrogens is 4. The Morgan fingerprint density at radius 2 is 1.74 bits per heavy atom. The Morgan fingerprint density at radius 1 is 1.00 bits per heavy atom. The lowest BCUT2D eigenvalue weighted by Gasteiger charge is -2.13. The number of thioether (sulfide) groups is 1. The molecule has 10 heteroatoms. The van der Waals surface area contributed by atoms with E-state index in [1.807, 2.05) is 42.5 Å². The van der Waals surface area contributed by atoms with E-state index in [9.17, 15) is 14.9 Å². The number of rotatable bonds is 7. The highest BCUT2D eigenvalue weighted by molar-refractivity contribution is 7.98. The van der Waals surface area contributed by atoms with Crippen LogP contribution in [-0.4, -0.2) is 24.7 Å². The van der Waals surface area contributed by atoms with Crippen LogP contribution in [0.4, 0.5) is 5.69 Å². The summed E-state index contributed by atoms with van der Waals surface area (Å²) in [4.78, 5) is 28.5. The molecule has 0 saturated carbocycles. The molecule has 0 N–H and O–H groups in total. The smallest absolute Gasteiger partial charge is 0.269 e. The van der Waals surface area contributed by atoms with Crippen LogP contribution < -0.4 is 5.56 Å². The second-order valence-corrected chi connectivity index (χ2v) is 8.61. The molecule has 0 radical (unpaired) electrons. The van der Waals surface area contributed by atoms with Gasteiger partial charge < -0.3 is 4.42 Å². The lowest BCUT2D eigenvalue weighted by Crippen LogP contribution is -2.21. The van der Waals surface area contributed by atoms with Crippen molar-refractivity contribution in [1.29, 1.82) is 0 Å². The Morgan fingerprint density at radius 3 is 2.46 bits per heavy atom. The van der Waals surface area contributed by atoms with Crippen LogP contribution in [-0.2, 0) is 12.2 Å². The first kappa shape index (κ1) is 22.5. The van der Waals surface area contributed by atoms with Crippen molar-refractivity contribution in [3.63, 3.8) is 0 Å². The van der Waals surface area contributed by atoms with E-state index in [0.29, 0.717) is 27.5 Å². The fourth-order valence-corrected chi connectivity index (χ4v) is 4.45. The molecular formula is C25H19N5O4S. The fraction of sp³-hybridized carbons (Fsp3) is 0.120. The molecular weight excluding hydrogens is 466 g/mol. The van der Waals surface area contributed by atoms with Gasteiger partial charge in [0.1, 0.15) is 0 Å². The summed E-state index contributed by atoms with van der Waals surface area (Å²) in [6, 6.07) is 21.0. The molecule has 35 heavy (non-hydrogen) atoms. The molecule has 2 heterocycles. The summed E-state index contributed by atoms with van der Waals surface area (Å²) in [6.45, 7) is 2.08. The van der Waals surface area contributed by atoms with Crippen molar-refractivity contribution >= 4 is 28.4 Å². The van der Waals surface area contributed by atoms with Crippen LogP contribution in [0, 0.1) is 10.1 Å². The van der Waals surface area contributed by atoms with Gasteiger partial charge in [-0.3, -0.25) is 19.5 Å². The molecule has 5 aromatic rings. The molecule has 0 unspecified atom stereocenters. The minimum Gasteiger partial charge on any atom is -0.420 e. The molecule has 2 aromatic heterocycles. The lowest BCUT2D eigenvalue weighted by atomic mass is 10.1. The number of hydrogen-bond donors (Lipinski definition) is 0. The standard InChI is InChI=1S/C25H19N5O4S/c1-2-16-7-11-18(12-8-16)29-24(31)20-5-3-4-6-21(20)26-25(29)35-15-22-27-28-23(34-22)17-9-13-19(14-10-17)30(32)33/h3-14H,2,15H2,1H3. The van der Waals surface area contributed by atoms with Gasteiger partial charge in [-0.25, -0.2) is 4.98 Å². The number of non-ortho nitro benzene ring substituents is 1. The molecule has 0 aliphatic rings. The lowest BCUT2D eigenvalue weighted by molar-refractivity contribution is -0.384. The predicted molar refractivity (Wildman–Crippen MR) is 133 cm³/mol. The summed E-state index contributed by atoms with van der Waals surface area (Å²) in [5.74, 6) is 0.894. The molecule has 174 valence electrons. The number of aryl methyl sites for hydroxylation is 1. The van der Waals surface area contributed by atoms with E-state index in [2.05, 4.69) is 17.1 Å². The molecule has 0 fully saturated rings. The van der Waals surface area contributed by atoms with Crippen molar-refractivity contribution < 1.29 is 9.34 Å². The van der Waals surface area contributed by atoms with Gasteiger partial charge in [0.05, 0.1) is 27.3 Å². The molecule has 3 aromatic carbocycles. The quantitative estimate of drug-likeness (QED) is 0.134. The molecule has 0 amide bonds. The van der Waals surface area contributed by atoms with Crippen LogP contribution in [0.3, 0.4) is 0 Å². The first-order valence-electron chi connectivity index (χ1n) is 10.8. The molecule has 0 aliphatic heterocycles. The molecule has 0 bridgehead atoms. The summed E-state index contributed by atoms with van der Waals surface area (Å²) in [5.41, 5.74) is 2.92. The van der Waals surface area contributed by atoms with E-state index in [1.54, 1.807) is 22.8 Å². The molecule has 9 nitrogen and oxygen atoms in total. The minimum atomic E-state index is -0.467. The van der Waals surface area contributed by atoms with Gasteiger partial charge in [-0.1, -0.05) is 43.0 Å². The number of fused-ring (bicyclic) bond motifs is 1. The third-order valence-electron chi connectivity index (χ3n) is 5.46. The maximum Gasteiger partial charge on any atom is 0.269 e. The minimum absolute atomic E-state index is 0.0173. The zero-order chi connectivity index (χ0) is 24.4. The highest BCUT2D eigenvalue weighted by Gasteiger charge is 2.16. The Kier molecular flexibility index (Phi) is 6.11. The maximum absolute atomic E-state index is 13.4. The summed E-state index contributed by atoms with van der Waals surface area (Å²) < 4.78 is 7.35. The normalized spacial score (nSPS) is 11.1. The number of nitrogens with zero attached hydrogens (tertiary/aromatic N) is 5. The van der Waals surface area contributed by atoms with Crippen LogP contribution in [0.5, 0.6) is 0 Å². The Labute approximate surface area is 203 Å². The second kappa shape index (κ2) is 9.51. The topological polar surface area (TPSA) is 117 Å². The molecule has 0 aliphatic carbocycles. The highest BCUT2D eigenvalue weighted by Crippen LogP contribution is 2.27. The van der Waals surface area contributed by atoms with Gasteiger partial charge in [0.25, 0.3) is 11.2 Å².